The molecule has 6 nitrogen and oxygen atoms in total. The molecule has 1 amide bonds. The van der Waals surface area contributed by atoms with Gasteiger partial charge in [-0.15, -0.1) is 0 Å². The smallest absolute Gasteiger partial charge is 0.332 e. The van der Waals surface area contributed by atoms with Crippen LogP contribution in [0.4, 0.5) is 0 Å². The van der Waals surface area contributed by atoms with Gasteiger partial charge in [0.15, 0.2) is 6.10 Å². The molecule has 16 heavy (non-hydrogen) atoms. The van der Waals surface area contributed by atoms with Gasteiger partial charge in [0.2, 0.25) is 5.91 Å². The van der Waals surface area contributed by atoms with Crippen molar-refractivity contribution in [3.63, 3.8) is 0 Å². The average molecular weight is 230 g/mol. The van der Waals surface area contributed by atoms with E-state index >= 15 is 0 Å². The van der Waals surface area contributed by atoms with E-state index in [9.17, 15) is 9.59 Å². The lowest BCUT2D eigenvalue weighted by molar-refractivity contribution is -0.151. The number of nitrogens with zero attached hydrogens (tertiary/aromatic N) is 1. The Morgan fingerprint density at radius 2 is 2.00 bits per heavy atom. The quantitative estimate of drug-likeness (QED) is 0.652. The maximum absolute atomic E-state index is 11.5. The summed E-state index contributed by atoms with van der Waals surface area (Å²) in [6.07, 6.45) is -0.556. The molecule has 0 bridgehead atoms. The van der Waals surface area contributed by atoms with E-state index in [0.717, 1.165) is 6.54 Å². The molecule has 0 radical (unpaired) electrons. The number of carboxylic acids is 1. The van der Waals surface area contributed by atoms with Crippen LogP contribution >= 0.6 is 0 Å². The molecule has 0 spiro atoms. The van der Waals surface area contributed by atoms with Gasteiger partial charge in [0.25, 0.3) is 0 Å². The predicted octanol–water partition coefficient (Wildman–Crippen LogP) is -0.704. The number of rotatable bonds is 5. The van der Waals surface area contributed by atoms with Crippen molar-refractivity contribution >= 4 is 11.9 Å². The highest BCUT2D eigenvalue weighted by Gasteiger charge is 2.34. The second-order valence-corrected chi connectivity index (χ2v) is 4.12. The third-order valence-corrected chi connectivity index (χ3v) is 2.45. The SMILES string of the molecule is CN(C)CCNC(=O)[C@@H]1CC[C@H](C(=O)O)O1. The standard InChI is InChI=1S/C10H18N2O4/c1-12(2)6-5-11-9(13)7-3-4-8(16-7)10(14)15/h7-8H,3-6H2,1-2H3,(H,11,13)(H,14,15)/t7-,8+/m0/s1. The molecule has 1 rings (SSSR count). The van der Waals surface area contributed by atoms with Crippen LogP contribution in [0.15, 0.2) is 0 Å². The first-order valence-electron chi connectivity index (χ1n) is 5.31. The van der Waals surface area contributed by atoms with Crippen LogP contribution in [-0.4, -0.2) is 61.3 Å². The van der Waals surface area contributed by atoms with Crippen LogP contribution in [0.5, 0.6) is 0 Å². The molecule has 1 heterocycles. The number of aliphatic carboxylic acids is 1. The van der Waals surface area contributed by atoms with E-state index < -0.39 is 18.2 Å². The fraction of sp³-hybridized carbons (Fsp3) is 0.800. The van der Waals surface area contributed by atoms with E-state index in [2.05, 4.69) is 5.32 Å². The fourth-order valence-corrected chi connectivity index (χ4v) is 1.53. The number of carbonyl (C=O) groups excluding carboxylic acids is 1. The molecule has 2 N–H and O–H groups in total. The van der Waals surface area contributed by atoms with Gasteiger partial charge in [0, 0.05) is 13.1 Å². The van der Waals surface area contributed by atoms with Gasteiger partial charge in [-0.1, -0.05) is 0 Å². The number of carbonyl (C=O) groups is 2. The van der Waals surface area contributed by atoms with Crippen LogP contribution in [-0.2, 0) is 14.3 Å². The predicted molar refractivity (Wildman–Crippen MR) is 57.1 cm³/mol. The number of carboxylic acid groups (broad SMARTS) is 1. The van der Waals surface area contributed by atoms with E-state index in [4.69, 9.17) is 9.84 Å². The normalized spacial score (nSPS) is 24.7. The zero-order valence-electron chi connectivity index (χ0n) is 9.60. The molecule has 0 unspecified atom stereocenters. The van der Waals surface area contributed by atoms with Crippen molar-refractivity contribution < 1.29 is 19.4 Å². The van der Waals surface area contributed by atoms with Crippen molar-refractivity contribution in [1.82, 2.24) is 10.2 Å². The number of likely N-dealkylation sites (N-methyl/N-ethyl adjacent to an activating group) is 1. The molecule has 1 aliphatic heterocycles. The molecule has 6 heteroatoms. The van der Waals surface area contributed by atoms with Crippen LogP contribution in [0.3, 0.4) is 0 Å². The molecular weight excluding hydrogens is 212 g/mol. The minimum Gasteiger partial charge on any atom is -0.479 e. The van der Waals surface area contributed by atoms with Gasteiger partial charge in [0.05, 0.1) is 0 Å². The van der Waals surface area contributed by atoms with Gasteiger partial charge in [0.1, 0.15) is 6.10 Å². The number of hydrogen-bond acceptors (Lipinski definition) is 4. The van der Waals surface area contributed by atoms with E-state index in [0.29, 0.717) is 19.4 Å². The Hall–Kier alpha value is -1.14. The summed E-state index contributed by atoms with van der Waals surface area (Å²) < 4.78 is 5.12. The lowest BCUT2D eigenvalue weighted by Crippen LogP contribution is -2.38. The van der Waals surface area contributed by atoms with Gasteiger partial charge in [-0.3, -0.25) is 4.79 Å². The molecule has 0 aromatic heterocycles. The summed E-state index contributed by atoms with van der Waals surface area (Å²) in [5.41, 5.74) is 0. The van der Waals surface area contributed by atoms with Crippen molar-refractivity contribution in [3.05, 3.63) is 0 Å². The first-order chi connectivity index (χ1) is 7.50. The Morgan fingerprint density at radius 1 is 1.38 bits per heavy atom. The fourth-order valence-electron chi connectivity index (χ4n) is 1.53. The third-order valence-electron chi connectivity index (χ3n) is 2.45. The lowest BCUT2D eigenvalue weighted by Gasteiger charge is -2.13. The summed E-state index contributed by atoms with van der Waals surface area (Å²) in [4.78, 5) is 24.1. The molecule has 1 aliphatic rings. The van der Waals surface area contributed by atoms with Crippen molar-refractivity contribution in [2.45, 2.75) is 25.0 Å². The Labute approximate surface area is 94.6 Å². The highest BCUT2D eigenvalue weighted by Crippen LogP contribution is 2.19. The van der Waals surface area contributed by atoms with Crippen LogP contribution in [0.25, 0.3) is 0 Å². The van der Waals surface area contributed by atoms with Gasteiger partial charge in [-0.25, -0.2) is 4.79 Å². The largest absolute Gasteiger partial charge is 0.479 e. The van der Waals surface area contributed by atoms with Crippen LogP contribution < -0.4 is 5.32 Å². The number of nitrogens with one attached hydrogen (secondary N) is 1. The summed E-state index contributed by atoms with van der Waals surface area (Å²) in [5, 5.41) is 11.4. The van der Waals surface area contributed by atoms with E-state index in [-0.39, 0.29) is 5.91 Å². The lowest BCUT2D eigenvalue weighted by atomic mass is 10.2. The monoisotopic (exact) mass is 230 g/mol. The van der Waals surface area contributed by atoms with Crippen molar-refractivity contribution in [2.24, 2.45) is 0 Å². The minimum absolute atomic E-state index is 0.217. The average Bonchev–Trinajstić information content (AvgIpc) is 2.65. The maximum atomic E-state index is 11.5. The first kappa shape index (κ1) is 12.9. The Morgan fingerprint density at radius 3 is 2.50 bits per heavy atom. The third kappa shape index (κ3) is 3.79. The topological polar surface area (TPSA) is 78.9 Å². The molecule has 1 saturated heterocycles. The molecule has 92 valence electrons. The van der Waals surface area contributed by atoms with Gasteiger partial charge >= 0.3 is 5.97 Å². The molecule has 0 aromatic rings. The molecule has 0 aromatic carbocycles. The Kier molecular flexibility index (Phi) is 4.70. The summed E-state index contributed by atoms with van der Waals surface area (Å²) >= 11 is 0. The Bertz CT molecular complexity index is 268. The second kappa shape index (κ2) is 5.81. The molecule has 0 aliphatic carbocycles. The van der Waals surface area contributed by atoms with Crippen LogP contribution in [0, 0.1) is 0 Å². The first-order valence-corrected chi connectivity index (χ1v) is 5.31. The molecule has 1 fully saturated rings. The number of hydrogen-bond donors (Lipinski definition) is 2. The number of amides is 1. The summed E-state index contributed by atoms with van der Waals surface area (Å²) in [5.74, 6) is -1.21. The second-order valence-electron chi connectivity index (χ2n) is 4.12. The van der Waals surface area contributed by atoms with Crippen molar-refractivity contribution in [3.8, 4) is 0 Å². The highest BCUT2D eigenvalue weighted by molar-refractivity contribution is 5.82. The van der Waals surface area contributed by atoms with Gasteiger partial charge in [-0.2, -0.15) is 0 Å². The van der Waals surface area contributed by atoms with Gasteiger partial charge in [-0.05, 0) is 26.9 Å². The Balaban J connectivity index is 2.26. The van der Waals surface area contributed by atoms with Crippen molar-refractivity contribution in [1.29, 1.82) is 0 Å². The van der Waals surface area contributed by atoms with Gasteiger partial charge < -0.3 is 20.1 Å². The number of ether oxygens (including phenoxy) is 1. The minimum atomic E-state index is -0.997. The van der Waals surface area contributed by atoms with E-state index in [1.165, 1.54) is 0 Å². The van der Waals surface area contributed by atoms with E-state index in [1.54, 1.807) is 0 Å². The molecule has 0 saturated carbocycles. The van der Waals surface area contributed by atoms with Crippen LogP contribution in [0.2, 0.25) is 0 Å². The zero-order chi connectivity index (χ0) is 12.1. The van der Waals surface area contributed by atoms with Crippen molar-refractivity contribution in [2.75, 3.05) is 27.2 Å². The molecular formula is C10H18N2O4. The maximum Gasteiger partial charge on any atom is 0.332 e. The summed E-state index contributed by atoms with van der Waals surface area (Å²) in [7, 11) is 3.83. The molecule has 2 atom stereocenters. The van der Waals surface area contributed by atoms with Crippen LogP contribution in [0.1, 0.15) is 12.8 Å². The highest BCUT2D eigenvalue weighted by atomic mass is 16.5. The zero-order valence-corrected chi connectivity index (χ0v) is 9.60. The van der Waals surface area contributed by atoms with E-state index in [1.807, 2.05) is 19.0 Å². The summed E-state index contributed by atoms with van der Waals surface area (Å²) in [6.45, 7) is 1.30. The summed E-state index contributed by atoms with van der Waals surface area (Å²) in [6, 6.07) is 0.